The van der Waals surface area contributed by atoms with E-state index in [4.69, 9.17) is 9.47 Å². The molecule has 1 saturated carbocycles. The fourth-order valence-electron chi connectivity index (χ4n) is 3.23. The molecule has 1 aliphatic carbocycles. The molecule has 0 radical (unpaired) electrons. The van der Waals surface area contributed by atoms with Gasteiger partial charge in [0.2, 0.25) is 0 Å². The van der Waals surface area contributed by atoms with Crippen LogP contribution >= 0.6 is 15.9 Å². The standard InChI is InChI=1S/C18H27BrO2/c1-13(2)14-8-9-16(19)15(12-14)10-11-21-18-7-5-4-6-17(18)20-3/h4-7,13-16H,8-12H2,1-3H3. The molecule has 2 nitrogen and oxygen atoms in total. The van der Waals surface area contributed by atoms with E-state index in [1.165, 1.54) is 19.3 Å². The van der Waals surface area contributed by atoms with Gasteiger partial charge in [-0.15, -0.1) is 0 Å². The molecule has 3 atom stereocenters. The Morgan fingerprint density at radius 3 is 2.57 bits per heavy atom. The second kappa shape index (κ2) is 8.07. The predicted molar refractivity (Wildman–Crippen MR) is 91.5 cm³/mol. The maximum atomic E-state index is 5.93. The van der Waals surface area contributed by atoms with Crippen molar-refractivity contribution in [2.45, 2.75) is 44.4 Å². The van der Waals surface area contributed by atoms with Crippen molar-refractivity contribution in [1.29, 1.82) is 0 Å². The topological polar surface area (TPSA) is 18.5 Å². The van der Waals surface area contributed by atoms with E-state index < -0.39 is 0 Å². The van der Waals surface area contributed by atoms with Gasteiger partial charge in [0.25, 0.3) is 0 Å². The lowest BCUT2D eigenvalue weighted by Crippen LogP contribution is -2.28. The van der Waals surface area contributed by atoms with Gasteiger partial charge in [0, 0.05) is 4.83 Å². The summed E-state index contributed by atoms with van der Waals surface area (Å²) in [6.07, 6.45) is 5.08. The highest BCUT2D eigenvalue weighted by atomic mass is 79.9. The van der Waals surface area contributed by atoms with Crippen LogP contribution in [-0.4, -0.2) is 18.5 Å². The summed E-state index contributed by atoms with van der Waals surface area (Å²) in [7, 11) is 1.69. The summed E-state index contributed by atoms with van der Waals surface area (Å²) in [5.74, 6) is 4.05. The van der Waals surface area contributed by atoms with Crippen LogP contribution < -0.4 is 9.47 Å². The van der Waals surface area contributed by atoms with E-state index in [9.17, 15) is 0 Å². The van der Waals surface area contributed by atoms with Crippen LogP contribution in [0.3, 0.4) is 0 Å². The number of hydrogen-bond donors (Lipinski definition) is 0. The summed E-state index contributed by atoms with van der Waals surface area (Å²) >= 11 is 3.87. The zero-order valence-electron chi connectivity index (χ0n) is 13.3. The van der Waals surface area contributed by atoms with Crippen molar-refractivity contribution in [1.82, 2.24) is 0 Å². The van der Waals surface area contributed by atoms with Crippen LogP contribution in [0.5, 0.6) is 11.5 Å². The van der Waals surface area contributed by atoms with Gasteiger partial charge in [-0.3, -0.25) is 0 Å². The number of methoxy groups -OCH3 is 1. The average molecular weight is 355 g/mol. The Morgan fingerprint density at radius 1 is 1.19 bits per heavy atom. The lowest BCUT2D eigenvalue weighted by molar-refractivity contribution is 0.187. The molecule has 1 aromatic carbocycles. The fourth-order valence-corrected chi connectivity index (χ4v) is 3.97. The average Bonchev–Trinajstić information content (AvgIpc) is 2.49. The Bertz CT molecular complexity index is 433. The molecule has 0 aromatic heterocycles. The van der Waals surface area contributed by atoms with E-state index in [1.54, 1.807) is 7.11 Å². The second-order valence-corrected chi connectivity index (χ2v) is 7.56. The van der Waals surface area contributed by atoms with Crippen LogP contribution in [0.4, 0.5) is 0 Å². The van der Waals surface area contributed by atoms with E-state index in [1.807, 2.05) is 24.3 Å². The number of para-hydroxylation sites is 2. The second-order valence-electron chi connectivity index (χ2n) is 6.38. The minimum absolute atomic E-state index is 0.647. The first-order chi connectivity index (χ1) is 10.1. The molecule has 1 aromatic rings. The van der Waals surface area contributed by atoms with E-state index in [-0.39, 0.29) is 0 Å². The number of benzene rings is 1. The Kier molecular flexibility index (Phi) is 6.40. The minimum atomic E-state index is 0.647. The molecular formula is C18H27BrO2. The van der Waals surface area contributed by atoms with Gasteiger partial charge in [0.1, 0.15) is 0 Å². The molecule has 0 bridgehead atoms. The molecule has 0 N–H and O–H groups in total. The molecule has 1 fully saturated rings. The van der Waals surface area contributed by atoms with Gasteiger partial charge in [-0.1, -0.05) is 41.9 Å². The molecule has 2 rings (SSSR count). The number of rotatable bonds is 6. The third kappa shape index (κ3) is 4.64. The predicted octanol–water partition coefficient (Wildman–Crippen LogP) is 5.30. The normalized spacial score (nSPS) is 25.9. The maximum Gasteiger partial charge on any atom is 0.161 e. The Labute approximate surface area is 137 Å². The van der Waals surface area contributed by atoms with E-state index in [2.05, 4.69) is 29.8 Å². The van der Waals surface area contributed by atoms with E-state index in [0.29, 0.717) is 4.83 Å². The summed E-state index contributed by atoms with van der Waals surface area (Å²) in [5, 5.41) is 0. The van der Waals surface area contributed by atoms with Gasteiger partial charge in [0.05, 0.1) is 13.7 Å². The lowest BCUT2D eigenvalue weighted by Gasteiger charge is -2.35. The number of halogens is 1. The monoisotopic (exact) mass is 354 g/mol. The number of alkyl halides is 1. The molecule has 21 heavy (non-hydrogen) atoms. The molecule has 1 aliphatic rings. The Hall–Kier alpha value is -0.700. The van der Waals surface area contributed by atoms with Gasteiger partial charge in [-0.25, -0.2) is 0 Å². The van der Waals surface area contributed by atoms with Crippen LogP contribution in [-0.2, 0) is 0 Å². The summed E-state index contributed by atoms with van der Waals surface area (Å²) in [6.45, 7) is 5.46. The Balaban J connectivity index is 1.84. The van der Waals surface area contributed by atoms with Crippen LogP contribution in [0.1, 0.15) is 39.5 Å². The quantitative estimate of drug-likeness (QED) is 0.645. The van der Waals surface area contributed by atoms with Gasteiger partial charge in [-0.05, 0) is 55.6 Å². The van der Waals surface area contributed by atoms with Gasteiger partial charge >= 0.3 is 0 Å². The van der Waals surface area contributed by atoms with Crippen molar-refractivity contribution in [3.63, 3.8) is 0 Å². The zero-order chi connectivity index (χ0) is 15.2. The highest BCUT2D eigenvalue weighted by Crippen LogP contribution is 2.39. The van der Waals surface area contributed by atoms with Gasteiger partial charge < -0.3 is 9.47 Å². The summed E-state index contributed by atoms with van der Waals surface area (Å²) in [6, 6.07) is 7.87. The largest absolute Gasteiger partial charge is 0.493 e. The van der Waals surface area contributed by atoms with Gasteiger partial charge in [-0.2, -0.15) is 0 Å². The van der Waals surface area contributed by atoms with Crippen molar-refractivity contribution in [2.24, 2.45) is 17.8 Å². The first kappa shape index (κ1) is 16.7. The fraction of sp³-hybridized carbons (Fsp3) is 0.667. The van der Waals surface area contributed by atoms with Crippen LogP contribution in [0.15, 0.2) is 24.3 Å². The molecule has 0 amide bonds. The molecule has 0 heterocycles. The van der Waals surface area contributed by atoms with E-state index >= 15 is 0 Å². The minimum Gasteiger partial charge on any atom is -0.493 e. The number of hydrogen-bond acceptors (Lipinski definition) is 2. The first-order valence-corrected chi connectivity index (χ1v) is 8.93. The SMILES string of the molecule is COc1ccccc1OCCC1CC(C(C)C)CCC1Br. The first-order valence-electron chi connectivity index (χ1n) is 8.01. The Morgan fingerprint density at radius 2 is 1.90 bits per heavy atom. The van der Waals surface area contributed by atoms with Crippen LogP contribution in [0.2, 0.25) is 0 Å². The highest BCUT2D eigenvalue weighted by molar-refractivity contribution is 9.09. The van der Waals surface area contributed by atoms with E-state index in [0.717, 1.165) is 42.3 Å². The smallest absolute Gasteiger partial charge is 0.161 e. The lowest BCUT2D eigenvalue weighted by atomic mass is 9.75. The van der Waals surface area contributed by atoms with Crippen molar-refractivity contribution in [2.75, 3.05) is 13.7 Å². The zero-order valence-corrected chi connectivity index (χ0v) is 14.9. The third-order valence-corrected chi connectivity index (χ3v) is 5.89. The summed E-state index contributed by atoms with van der Waals surface area (Å²) < 4.78 is 11.3. The van der Waals surface area contributed by atoms with Crippen molar-refractivity contribution in [3.8, 4) is 11.5 Å². The molecule has 0 saturated heterocycles. The third-order valence-electron chi connectivity index (χ3n) is 4.69. The maximum absolute atomic E-state index is 5.93. The highest BCUT2D eigenvalue weighted by Gasteiger charge is 2.30. The molecular weight excluding hydrogens is 328 g/mol. The summed E-state index contributed by atoms with van der Waals surface area (Å²) in [5.41, 5.74) is 0. The molecule has 3 heteroatoms. The molecule has 118 valence electrons. The van der Waals surface area contributed by atoms with Crippen molar-refractivity contribution < 1.29 is 9.47 Å². The molecule has 0 aliphatic heterocycles. The van der Waals surface area contributed by atoms with Crippen molar-refractivity contribution in [3.05, 3.63) is 24.3 Å². The molecule has 0 spiro atoms. The number of ether oxygens (including phenoxy) is 2. The summed E-state index contributed by atoms with van der Waals surface area (Å²) in [4.78, 5) is 0.647. The van der Waals surface area contributed by atoms with Crippen molar-refractivity contribution >= 4 is 15.9 Å². The van der Waals surface area contributed by atoms with Crippen LogP contribution in [0.25, 0.3) is 0 Å². The van der Waals surface area contributed by atoms with Gasteiger partial charge in [0.15, 0.2) is 11.5 Å². The molecule has 3 unspecified atom stereocenters. The van der Waals surface area contributed by atoms with Crippen LogP contribution in [0, 0.1) is 17.8 Å².